The van der Waals surface area contributed by atoms with Crippen LogP contribution >= 0.6 is 31.9 Å². The zero-order chi connectivity index (χ0) is 55.5. The normalized spacial score (nSPS) is 11.0. The Balaban J connectivity index is 1.11. The van der Waals surface area contributed by atoms with E-state index >= 15 is 0 Å². The molecular weight excluding hydrogens is 1120 g/mol. The van der Waals surface area contributed by atoms with Gasteiger partial charge < -0.3 is 38.5 Å². The van der Waals surface area contributed by atoms with Crippen molar-refractivity contribution in [1.82, 2.24) is 0 Å². The van der Waals surface area contributed by atoms with Gasteiger partial charge in [-0.1, -0.05) is 103 Å². The molecule has 9 aromatic carbocycles. The summed E-state index contributed by atoms with van der Waals surface area (Å²) >= 11 is 7.49. The first-order chi connectivity index (χ1) is 39.3. The topological polar surface area (TPSA) is 49.9 Å². The Kier molecular flexibility index (Phi) is 20.7. The fourth-order valence-electron chi connectivity index (χ4n) is 9.40. The van der Waals surface area contributed by atoms with E-state index in [0.29, 0.717) is 26.4 Å². The molecule has 0 fully saturated rings. The van der Waals surface area contributed by atoms with Crippen molar-refractivity contribution >= 4 is 100 Å². The minimum atomic E-state index is 0.679. The summed E-state index contributed by atoms with van der Waals surface area (Å²) in [6, 6.07) is 76.9. The maximum atomic E-state index is 6.18. The maximum Gasteiger partial charge on any atom is 0.119 e. The Morgan fingerprint density at radius 2 is 0.450 bits per heavy atom. The van der Waals surface area contributed by atoms with Crippen molar-refractivity contribution in [3.63, 3.8) is 0 Å². The van der Waals surface area contributed by atoms with Gasteiger partial charge in [0.05, 0.1) is 26.4 Å². The molecule has 0 atom stereocenters. The second kappa shape index (κ2) is 29.0. The van der Waals surface area contributed by atoms with Crippen molar-refractivity contribution in [1.29, 1.82) is 0 Å². The summed E-state index contributed by atoms with van der Waals surface area (Å²) in [5.41, 5.74) is 12.1. The van der Waals surface area contributed by atoms with Gasteiger partial charge in [0.15, 0.2) is 0 Å². The van der Waals surface area contributed by atoms with Crippen LogP contribution in [0.2, 0.25) is 0 Å². The summed E-state index contributed by atoms with van der Waals surface area (Å²) in [6.45, 7) is 11.5. The van der Waals surface area contributed by atoms with Crippen LogP contribution in [0, 0.1) is 0 Å². The van der Waals surface area contributed by atoms with Gasteiger partial charge in [0.1, 0.15) is 23.0 Å². The van der Waals surface area contributed by atoms with Crippen molar-refractivity contribution in [2.45, 2.75) is 79.1 Å². The van der Waals surface area contributed by atoms with Crippen LogP contribution in [0.25, 0.3) is 0 Å². The van der Waals surface area contributed by atoms with E-state index in [1.165, 1.54) is 0 Å². The van der Waals surface area contributed by atoms with Crippen molar-refractivity contribution in [2.24, 2.45) is 0 Å². The van der Waals surface area contributed by atoms with Gasteiger partial charge in [0.2, 0.25) is 0 Å². The largest absolute Gasteiger partial charge is 0.494 e. The first kappa shape index (κ1) is 57.0. The SMILES string of the molecule is CCCCOc1ccc(N(c2ccc(N(c3ccc(OCCCC)cc3)c3cccc(N(c4ccc(OCCCC)cc4)c4ccc(N(c5ccc(OCCCC)cc5)c5cccc(Br)c5)cc4)c3)cc2)c2cccc(Br)c2)cc1. The fraction of sp³-hybridized carbons (Fsp3) is 0.229. The summed E-state index contributed by atoms with van der Waals surface area (Å²) < 4.78 is 26.5. The summed E-state index contributed by atoms with van der Waals surface area (Å²) in [6.07, 6.45) is 8.36. The lowest BCUT2D eigenvalue weighted by Crippen LogP contribution is -2.14. The zero-order valence-corrected chi connectivity index (χ0v) is 49.6. The number of anilines is 12. The van der Waals surface area contributed by atoms with Crippen LogP contribution in [0.4, 0.5) is 68.2 Å². The number of ether oxygens (including phenoxy) is 4. The molecule has 10 heteroatoms. The summed E-state index contributed by atoms with van der Waals surface area (Å²) in [7, 11) is 0. The van der Waals surface area contributed by atoms with Crippen LogP contribution in [0.1, 0.15) is 79.1 Å². The highest BCUT2D eigenvalue weighted by Crippen LogP contribution is 2.45. The Morgan fingerprint density at radius 1 is 0.250 bits per heavy atom. The highest BCUT2D eigenvalue weighted by molar-refractivity contribution is 9.10. The third-order valence-corrected chi connectivity index (χ3v) is 14.6. The minimum Gasteiger partial charge on any atom is -0.494 e. The highest BCUT2D eigenvalue weighted by Gasteiger charge is 2.21. The first-order valence-electron chi connectivity index (χ1n) is 28.3. The van der Waals surface area contributed by atoms with E-state index in [-0.39, 0.29) is 0 Å². The van der Waals surface area contributed by atoms with E-state index in [4.69, 9.17) is 18.9 Å². The molecule has 410 valence electrons. The average molecular weight is 1190 g/mol. The average Bonchev–Trinajstić information content (AvgIpc) is 3.52. The molecule has 0 aromatic heterocycles. The minimum absolute atomic E-state index is 0.679. The molecule has 8 nitrogen and oxygen atoms in total. The molecule has 0 saturated carbocycles. The molecule has 0 bridgehead atoms. The molecule has 0 spiro atoms. The Hall–Kier alpha value is -7.66. The van der Waals surface area contributed by atoms with Gasteiger partial charge in [-0.2, -0.15) is 0 Å². The quantitative estimate of drug-likeness (QED) is 0.0450. The predicted octanol–water partition coefficient (Wildman–Crippen LogP) is 21.8. The number of hydrogen-bond donors (Lipinski definition) is 0. The molecule has 80 heavy (non-hydrogen) atoms. The smallest absolute Gasteiger partial charge is 0.119 e. The molecule has 0 unspecified atom stereocenters. The predicted molar refractivity (Wildman–Crippen MR) is 342 cm³/mol. The van der Waals surface area contributed by atoms with Gasteiger partial charge in [-0.15, -0.1) is 0 Å². The van der Waals surface area contributed by atoms with Crippen LogP contribution in [0.5, 0.6) is 23.0 Å². The summed E-state index contributed by atoms with van der Waals surface area (Å²) in [5.74, 6) is 3.43. The van der Waals surface area contributed by atoms with E-state index < -0.39 is 0 Å². The zero-order valence-electron chi connectivity index (χ0n) is 46.4. The van der Waals surface area contributed by atoms with Gasteiger partial charge in [0.25, 0.3) is 0 Å². The molecule has 0 radical (unpaired) electrons. The molecule has 9 aromatic rings. The number of hydrogen-bond acceptors (Lipinski definition) is 8. The molecule has 0 N–H and O–H groups in total. The van der Waals surface area contributed by atoms with Crippen LogP contribution in [-0.2, 0) is 0 Å². The highest BCUT2D eigenvalue weighted by atomic mass is 79.9. The van der Waals surface area contributed by atoms with Crippen LogP contribution in [0.15, 0.2) is 227 Å². The molecule has 0 amide bonds. The maximum absolute atomic E-state index is 6.18. The number of halogens is 2. The number of nitrogens with zero attached hydrogens (tertiary/aromatic N) is 4. The number of benzene rings is 9. The van der Waals surface area contributed by atoms with E-state index in [1.807, 2.05) is 0 Å². The van der Waals surface area contributed by atoms with Crippen molar-refractivity contribution in [3.05, 3.63) is 227 Å². The lowest BCUT2D eigenvalue weighted by molar-refractivity contribution is 0.309. The molecule has 0 aliphatic rings. The van der Waals surface area contributed by atoms with E-state index in [1.54, 1.807) is 0 Å². The molecule has 0 aliphatic heterocycles. The van der Waals surface area contributed by atoms with Crippen LogP contribution in [0.3, 0.4) is 0 Å². The Bertz CT molecular complexity index is 3080. The molecule has 0 heterocycles. The second-order valence-electron chi connectivity index (χ2n) is 19.6. The molecular formula is C70H72Br2N4O4. The van der Waals surface area contributed by atoms with Crippen molar-refractivity contribution in [2.75, 3.05) is 46.0 Å². The molecule has 0 aliphatic carbocycles. The van der Waals surface area contributed by atoms with Crippen LogP contribution < -0.4 is 38.5 Å². The number of unbranched alkanes of at least 4 members (excludes halogenated alkanes) is 4. The summed E-state index contributed by atoms with van der Waals surface area (Å²) in [4.78, 5) is 9.19. The molecule has 9 rings (SSSR count). The van der Waals surface area contributed by atoms with Gasteiger partial charge in [0, 0.05) is 77.2 Å². The summed E-state index contributed by atoms with van der Waals surface area (Å²) in [5, 5.41) is 0. The lowest BCUT2D eigenvalue weighted by atomic mass is 10.1. The third-order valence-electron chi connectivity index (χ3n) is 13.7. The fourth-order valence-corrected chi connectivity index (χ4v) is 10.2. The Morgan fingerprint density at radius 3 is 0.662 bits per heavy atom. The molecule has 0 saturated heterocycles. The first-order valence-corrected chi connectivity index (χ1v) is 29.8. The Labute approximate surface area is 491 Å². The van der Waals surface area contributed by atoms with E-state index in [0.717, 1.165) is 152 Å². The van der Waals surface area contributed by atoms with Crippen molar-refractivity contribution < 1.29 is 18.9 Å². The van der Waals surface area contributed by atoms with Crippen LogP contribution in [-0.4, -0.2) is 26.4 Å². The van der Waals surface area contributed by atoms with E-state index in [2.05, 4.69) is 298 Å². The standard InChI is InChI=1S/C70H72Br2N4O4/c1-5-9-46-77-67-38-30-59(31-39-67)73(63-18-13-16-53(71)50-63)55-22-26-57(27-23-55)75(61-34-42-69(43-35-61)79-48-11-7-3)65-20-15-21-66(52-65)76(62-36-44-70(45-37-62)80-49-12-8-4)58-28-24-56(25-29-58)74(64-19-14-17-54(72)51-64)60-32-40-68(41-33-60)78-47-10-6-2/h13-45,50-52H,5-12,46-49H2,1-4H3. The van der Waals surface area contributed by atoms with Gasteiger partial charge in [-0.3, -0.25) is 0 Å². The lowest BCUT2D eigenvalue weighted by Gasteiger charge is -2.31. The third kappa shape index (κ3) is 15.0. The van der Waals surface area contributed by atoms with Gasteiger partial charge in [-0.25, -0.2) is 0 Å². The monoisotopic (exact) mass is 1190 g/mol. The van der Waals surface area contributed by atoms with Gasteiger partial charge >= 0.3 is 0 Å². The second-order valence-corrected chi connectivity index (χ2v) is 21.5. The van der Waals surface area contributed by atoms with Crippen molar-refractivity contribution in [3.8, 4) is 23.0 Å². The van der Waals surface area contributed by atoms with Gasteiger partial charge in [-0.05, 0) is 226 Å². The number of rotatable bonds is 28. The van der Waals surface area contributed by atoms with E-state index in [9.17, 15) is 0 Å².